The van der Waals surface area contributed by atoms with Gasteiger partial charge in [0.1, 0.15) is 12.4 Å². The Morgan fingerprint density at radius 3 is 2.50 bits per heavy atom. The summed E-state index contributed by atoms with van der Waals surface area (Å²) in [6.07, 6.45) is 0. The van der Waals surface area contributed by atoms with Crippen LogP contribution in [0.25, 0.3) is 0 Å². The maximum Gasteiger partial charge on any atom is 0.145 e. The zero-order valence-corrected chi connectivity index (χ0v) is 8.59. The lowest BCUT2D eigenvalue weighted by molar-refractivity contribution is -0.0769. The van der Waals surface area contributed by atoms with E-state index in [1.54, 1.807) is 14.0 Å². The molecule has 1 rings (SSSR count). The molecule has 0 aliphatic heterocycles. The highest BCUT2D eigenvalue weighted by Crippen LogP contribution is 2.10. The topological polar surface area (TPSA) is 21.3 Å². The molecule has 1 aromatic rings. The molecule has 14 heavy (non-hydrogen) atoms. The fourth-order valence-electron chi connectivity index (χ4n) is 0.994. The molecule has 0 aromatic heterocycles. The Kier molecular flexibility index (Phi) is 4.04. The van der Waals surface area contributed by atoms with Gasteiger partial charge >= 0.3 is 0 Å². The van der Waals surface area contributed by atoms with Gasteiger partial charge in [0.2, 0.25) is 0 Å². The van der Waals surface area contributed by atoms with Gasteiger partial charge in [-0.3, -0.25) is 5.32 Å². The van der Waals surface area contributed by atoms with Crippen molar-refractivity contribution in [2.24, 2.45) is 0 Å². The van der Waals surface area contributed by atoms with E-state index in [4.69, 9.17) is 4.74 Å². The maximum absolute atomic E-state index is 12.6. The van der Waals surface area contributed by atoms with Crippen molar-refractivity contribution in [2.75, 3.05) is 13.7 Å². The summed E-state index contributed by atoms with van der Waals surface area (Å²) >= 11 is 0. The van der Waals surface area contributed by atoms with E-state index in [-0.39, 0.29) is 0 Å². The number of nitrogens with one attached hydrogen (secondary N) is 1. The second-order valence-corrected chi connectivity index (χ2v) is 3.39. The third-order valence-corrected chi connectivity index (χ3v) is 2.18. The Hall–Kier alpha value is -0.930. The van der Waals surface area contributed by atoms with Gasteiger partial charge in [0, 0.05) is 0 Å². The van der Waals surface area contributed by atoms with Gasteiger partial charge in [0.05, 0.1) is 6.61 Å². The highest BCUT2D eigenvalue weighted by atomic mass is 19.1. The van der Waals surface area contributed by atoms with Crippen LogP contribution < -0.4 is 5.32 Å². The van der Waals surface area contributed by atoms with Crippen molar-refractivity contribution in [1.82, 2.24) is 5.32 Å². The third kappa shape index (κ3) is 3.09. The second-order valence-electron chi connectivity index (χ2n) is 3.39. The Morgan fingerprint density at radius 2 is 2.00 bits per heavy atom. The SMILES string of the molecule is CNC(C)(CF)OCc1ccccc1. The van der Waals surface area contributed by atoms with Crippen LogP contribution in [0.2, 0.25) is 0 Å². The van der Waals surface area contributed by atoms with E-state index in [2.05, 4.69) is 5.32 Å². The summed E-state index contributed by atoms with van der Waals surface area (Å²) in [6.45, 7) is 1.56. The average Bonchev–Trinajstić information content (AvgIpc) is 2.27. The minimum absolute atomic E-state index is 0.419. The summed E-state index contributed by atoms with van der Waals surface area (Å²) < 4.78 is 18.0. The summed E-state index contributed by atoms with van der Waals surface area (Å²) in [4.78, 5) is 0. The molecule has 0 heterocycles. The summed E-state index contributed by atoms with van der Waals surface area (Å²) in [6, 6.07) is 9.72. The minimum atomic E-state index is -0.879. The molecule has 1 atom stereocenters. The zero-order chi connectivity index (χ0) is 10.4. The van der Waals surface area contributed by atoms with Crippen LogP contribution in [0.5, 0.6) is 0 Å². The average molecular weight is 197 g/mol. The van der Waals surface area contributed by atoms with Gasteiger partial charge in [-0.05, 0) is 19.5 Å². The summed E-state index contributed by atoms with van der Waals surface area (Å²) in [5.74, 6) is 0. The number of hydrogen-bond acceptors (Lipinski definition) is 2. The van der Waals surface area contributed by atoms with Crippen molar-refractivity contribution in [3.8, 4) is 0 Å². The molecule has 0 aliphatic rings. The first-order chi connectivity index (χ1) is 6.70. The minimum Gasteiger partial charge on any atom is -0.353 e. The second kappa shape index (κ2) is 5.08. The van der Waals surface area contributed by atoms with Crippen molar-refractivity contribution < 1.29 is 9.13 Å². The van der Waals surface area contributed by atoms with E-state index in [9.17, 15) is 4.39 Å². The molecular weight excluding hydrogens is 181 g/mol. The smallest absolute Gasteiger partial charge is 0.145 e. The van der Waals surface area contributed by atoms with Crippen molar-refractivity contribution in [3.05, 3.63) is 35.9 Å². The molecule has 78 valence electrons. The monoisotopic (exact) mass is 197 g/mol. The summed E-state index contributed by atoms with van der Waals surface area (Å²) in [5, 5.41) is 2.80. The third-order valence-electron chi connectivity index (χ3n) is 2.18. The molecule has 0 amide bonds. The first-order valence-electron chi connectivity index (χ1n) is 4.63. The molecule has 1 unspecified atom stereocenters. The highest BCUT2D eigenvalue weighted by molar-refractivity contribution is 5.13. The zero-order valence-electron chi connectivity index (χ0n) is 8.59. The molecule has 0 fully saturated rings. The quantitative estimate of drug-likeness (QED) is 0.730. The van der Waals surface area contributed by atoms with Crippen LogP contribution in [0.4, 0.5) is 4.39 Å². The van der Waals surface area contributed by atoms with Crippen LogP contribution in [0.15, 0.2) is 30.3 Å². The van der Waals surface area contributed by atoms with Crippen molar-refractivity contribution >= 4 is 0 Å². The van der Waals surface area contributed by atoms with E-state index < -0.39 is 12.4 Å². The molecule has 1 aromatic carbocycles. The van der Waals surface area contributed by atoms with Gasteiger partial charge in [-0.25, -0.2) is 4.39 Å². The fraction of sp³-hybridized carbons (Fsp3) is 0.455. The van der Waals surface area contributed by atoms with Crippen LogP contribution in [0.3, 0.4) is 0 Å². The standard InChI is InChI=1S/C11H16FNO/c1-11(9-12,13-2)14-8-10-6-4-3-5-7-10/h3-7,13H,8-9H2,1-2H3. The van der Waals surface area contributed by atoms with Gasteiger partial charge in [-0.2, -0.15) is 0 Å². The molecule has 2 nitrogen and oxygen atoms in total. The van der Waals surface area contributed by atoms with Gasteiger partial charge in [-0.1, -0.05) is 30.3 Å². The van der Waals surface area contributed by atoms with Crippen molar-refractivity contribution in [1.29, 1.82) is 0 Å². The number of alkyl halides is 1. The number of ether oxygens (including phenoxy) is 1. The van der Waals surface area contributed by atoms with Gasteiger partial charge < -0.3 is 4.74 Å². The fourth-order valence-corrected chi connectivity index (χ4v) is 0.994. The summed E-state index contributed by atoms with van der Waals surface area (Å²) in [7, 11) is 1.69. The lowest BCUT2D eigenvalue weighted by atomic mass is 10.2. The number of rotatable bonds is 5. The van der Waals surface area contributed by atoms with Gasteiger partial charge in [0.15, 0.2) is 0 Å². The Labute approximate surface area is 84.1 Å². The Balaban J connectivity index is 2.48. The van der Waals surface area contributed by atoms with E-state index in [1.807, 2.05) is 30.3 Å². The first-order valence-corrected chi connectivity index (χ1v) is 4.63. The predicted molar refractivity (Wildman–Crippen MR) is 54.7 cm³/mol. The van der Waals surface area contributed by atoms with Gasteiger partial charge in [-0.15, -0.1) is 0 Å². The normalized spacial score (nSPS) is 15.1. The van der Waals surface area contributed by atoms with Crippen molar-refractivity contribution in [2.45, 2.75) is 19.3 Å². The lowest BCUT2D eigenvalue weighted by Crippen LogP contribution is -2.44. The first kappa shape index (κ1) is 11.1. The Morgan fingerprint density at radius 1 is 1.36 bits per heavy atom. The summed E-state index contributed by atoms with van der Waals surface area (Å²) in [5.41, 5.74) is 0.165. The highest BCUT2D eigenvalue weighted by Gasteiger charge is 2.21. The van der Waals surface area contributed by atoms with Crippen LogP contribution >= 0.6 is 0 Å². The van der Waals surface area contributed by atoms with Gasteiger partial charge in [0.25, 0.3) is 0 Å². The number of hydrogen-bond donors (Lipinski definition) is 1. The predicted octanol–water partition coefficient (Wildman–Crippen LogP) is 2.11. The van der Waals surface area contributed by atoms with E-state index in [0.29, 0.717) is 6.61 Å². The molecule has 0 radical (unpaired) electrons. The van der Waals surface area contributed by atoms with E-state index in [0.717, 1.165) is 5.56 Å². The molecule has 0 bridgehead atoms. The van der Waals surface area contributed by atoms with Crippen LogP contribution in [0, 0.1) is 0 Å². The molecule has 0 saturated heterocycles. The van der Waals surface area contributed by atoms with Crippen molar-refractivity contribution in [3.63, 3.8) is 0 Å². The molecule has 1 N–H and O–H groups in total. The maximum atomic E-state index is 12.6. The Bertz CT molecular complexity index is 259. The molecule has 0 spiro atoms. The largest absolute Gasteiger partial charge is 0.353 e. The van der Waals surface area contributed by atoms with Crippen LogP contribution in [0.1, 0.15) is 12.5 Å². The molecule has 0 saturated carbocycles. The van der Waals surface area contributed by atoms with E-state index >= 15 is 0 Å². The molecule has 3 heteroatoms. The van der Waals surface area contributed by atoms with E-state index in [1.165, 1.54) is 0 Å². The van der Waals surface area contributed by atoms with Crippen LogP contribution in [-0.4, -0.2) is 19.4 Å². The molecule has 0 aliphatic carbocycles. The molecular formula is C11H16FNO. The lowest BCUT2D eigenvalue weighted by Gasteiger charge is -2.26. The van der Waals surface area contributed by atoms with Crippen LogP contribution in [-0.2, 0) is 11.3 Å². The number of halogens is 1. The number of benzene rings is 1.